The zero-order chi connectivity index (χ0) is 12.7. The molecule has 1 saturated heterocycles. The van der Waals surface area contributed by atoms with Gasteiger partial charge in [0.15, 0.2) is 0 Å². The number of hydrogen-bond acceptors (Lipinski definition) is 2. The molecule has 0 radical (unpaired) electrons. The van der Waals surface area contributed by atoms with Gasteiger partial charge in [0.2, 0.25) is 5.91 Å². The molecule has 100 valence electrons. The van der Waals surface area contributed by atoms with E-state index in [1.54, 1.807) is 0 Å². The van der Waals surface area contributed by atoms with E-state index >= 15 is 0 Å². The standard InChI is InChI=1S/C13H24ClNOS/c1-10(2)12(3-6-14)15-13(16)9-11-4-7-17-8-5-11/h10-12H,3-9H2,1-2H3,(H,15,16). The summed E-state index contributed by atoms with van der Waals surface area (Å²) >= 11 is 7.77. The topological polar surface area (TPSA) is 29.1 Å². The molecule has 1 aliphatic rings. The van der Waals surface area contributed by atoms with Crippen LogP contribution in [0.4, 0.5) is 0 Å². The Morgan fingerprint density at radius 3 is 2.59 bits per heavy atom. The molecule has 4 heteroatoms. The fourth-order valence-corrected chi connectivity index (χ4v) is 3.61. The molecule has 0 saturated carbocycles. The van der Waals surface area contributed by atoms with Crippen LogP contribution in [0.3, 0.4) is 0 Å². The molecule has 1 unspecified atom stereocenters. The highest BCUT2D eigenvalue weighted by Crippen LogP contribution is 2.25. The number of carbonyl (C=O) groups excluding carboxylic acids is 1. The van der Waals surface area contributed by atoms with Crippen molar-refractivity contribution in [2.45, 2.75) is 45.6 Å². The van der Waals surface area contributed by atoms with Crippen molar-refractivity contribution < 1.29 is 4.79 Å². The van der Waals surface area contributed by atoms with Gasteiger partial charge in [-0.1, -0.05) is 13.8 Å². The predicted molar refractivity (Wildman–Crippen MR) is 76.8 cm³/mol. The van der Waals surface area contributed by atoms with Crippen LogP contribution < -0.4 is 5.32 Å². The summed E-state index contributed by atoms with van der Waals surface area (Å²) in [6, 6.07) is 0.234. The van der Waals surface area contributed by atoms with Gasteiger partial charge < -0.3 is 5.32 Å². The smallest absolute Gasteiger partial charge is 0.220 e. The average molecular weight is 278 g/mol. The highest BCUT2D eigenvalue weighted by atomic mass is 35.5. The van der Waals surface area contributed by atoms with Crippen molar-refractivity contribution in [3.63, 3.8) is 0 Å². The van der Waals surface area contributed by atoms with E-state index in [0.29, 0.717) is 24.1 Å². The van der Waals surface area contributed by atoms with Gasteiger partial charge in [-0.15, -0.1) is 11.6 Å². The molecule has 0 aliphatic carbocycles. The zero-order valence-electron chi connectivity index (χ0n) is 10.9. The van der Waals surface area contributed by atoms with Gasteiger partial charge in [0.1, 0.15) is 0 Å². The van der Waals surface area contributed by atoms with Crippen LogP contribution in [0, 0.1) is 11.8 Å². The minimum Gasteiger partial charge on any atom is -0.353 e. The zero-order valence-corrected chi connectivity index (χ0v) is 12.4. The van der Waals surface area contributed by atoms with E-state index in [1.165, 1.54) is 24.3 Å². The summed E-state index contributed by atoms with van der Waals surface area (Å²) in [7, 11) is 0. The molecule has 2 nitrogen and oxygen atoms in total. The second-order valence-electron chi connectivity index (χ2n) is 5.16. The van der Waals surface area contributed by atoms with E-state index in [9.17, 15) is 4.79 Å². The van der Waals surface area contributed by atoms with Crippen LogP contribution in [0.5, 0.6) is 0 Å². The number of alkyl halides is 1. The highest BCUT2D eigenvalue weighted by Gasteiger charge is 2.20. The maximum atomic E-state index is 11.9. The maximum absolute atomic E-state index is 11.9. The van der Waals surface area contributed by atoms with Crippen molar-refractivity contribution in [2.75, 3.05) is 17.4 Å². The van der Waals surface area contributed by atoms with Crippen LogP contribution in [0.1, 0.15) is 39.5 Å². The Morgan fingerprint density at radius 1 is 1.41 bits per heavy atom. The third-order valence-corrected chi connectivity index (χ3v) is 4.65. The number of amides is 1. The third-order valence-electron chi connectivity index (χ3n) is 3.39. The van der Waals surface area contributed by atoms with Crippen molar-refractivity contribution in [3.8, 4) is 0 Å². The van der Waals surface area contributed by atoms with Crippen molar-refractivity contribution in [1.29, 1.82) is 0 Å². The van der Waals surface area contributed by atoms with Gasteiger partial charge >= 0.3 is 0 Å². The molecule has 1 aliphatic heterocycles. The number of rotatable bonds is 6. The van der Waals surface area contributed by atoms with Gasteiger partial charge in [0, 0.05) is 18.3 Å². The van der Waals surface area contributed by atoms with E-state index in [2.05, 4.69) is 19.2 Å². The van der Waals surface area contributed by atoms with E-state index < -0.39 is 0 Å². The molecule has 0 bridgehead atoms. The summed E-state index contributed by atoms with van der Waals surface area (Å²) < 4.78 is 0. The Kier molecular flexibility index (Phi) is 7.36. The Balaban J connectivity index is 2.30. The molecule has 1 heterocycles. The molecule has 1 fully saturated rings. The molecule has 1 rings (SSSR count). The van der Waals surface area contributed by atoms with Crippen LogP contribution in [0.15, 0.2) is 0 Å². The van der Waals surface area contributed by atoms with Gasteiger partial charge in [-0.25, -0.2) is 0 Å². The van der Waals surface area contributed by atoms with Crippen LogP contribution in [-0.2, 0) is 4.79 Å². The molecule has 0 spiro atoms. The second kappa shape index (κ2) is 8.25. The van der Waals surface area contributed by atoms with Crippen LogP contribution in [0.25, 0.3) is 0 Å². The van der Waals surface area contributed by atoms with Crippen molar-refractivity contribution >= 4 is 29.3 Å². The van der Waals surface area contributed by atoms with Crippen LogP contribution in [0.2, 0.25) is 0 Å². The van der Waals surface area contributed by atoms with Crippen LogP contribution in [-0.4, -0.2) is 29.3 Å². The van der Waals surface area contributed by atoms with E-state index in [-0.39, 0.29) is 11.9 Å². The summed E-state index contributed by atoms with van der Waals surface area (Å²) in [5.74, 6) is 4.31. The quantitative estimate of drug-likeness (QED) is 0.755. The monoisotopic (exact) mass is 277 g/mol. The Labute approximate surface area is 114 Å². The van der Waals surface area contributed by atoms with Gasteiger partial charge in [-0.2, -0.15) is 11.8 Å². The predicted octanol–water partition coefficient (Wildman–Crippen LogP) is 3.29. The Morgan fingerprint density at radius 2 is 2.06 bits per heavy atom. The highest BCUT2D eigenvalue weighted by molar-refractivity contribution is 7.99. The number of nitrogens with one attached hydrogen (secondary N) is 1. The minimum absolute atomic E-state index is 0.214. The first-order valence-corrected chi connectivity index (χ1v) is 8.25. The van der Waals surface area contributed by atoms with Crippen molar-refractivity contribution in [1.82, 2.24) is 5.32 Å². The summed E-state index contributed by atoms with van der Waals surface area (Å²) in [6.07, 6.45) is 3.96. The molecule has 1 amide bonds. The Hall–Kier alpha value is 0.110. The molecule has 1 N–H and O–H groups in total. The fraction of sp³-hybridized carbons (Fsp3) is 0.923. The Bertz CT molecular complexity index is 229. The lowest BCUT2D eigenvalue weighted by molar-refractivity contribution is -0.123. The van der Waals surface area contributed by atoms with E-state index in [0.717, 1.165) is 6.42 Å². The van der Waals surface area contributed by atoms with Gasteiger partial charge in [0.25, 0.3) is 0 Å². The first-order valence-electron chi connectivity index (χ1n) is 6.56. The number of hydrogen-bond donors (Lipinski definition) is 1. The van der Waals surface area contributed by atoms with Gasteiger partial charge in [-0.3, -0.25) is 4.79 Å². The molecule has 1 atom stereocenters. The lowest BCUT2D eigenvalue weighted by Crippen LogP contribution is -2.39. The second-order valence-corrected chi connectivity index (χ2v) is 6.76. The fourth-order valence-electron chi connectivity index (χ4n) is 2.17. The van der Waals surface area contributed by atoms with E-state index in [4.69, 9.17) is 11.6 Å². The molecule has 17 heavy (non-hydrogen) atoms. The van der Waals surface area contributed by atoms with Crippen LogP contribution >= 0.6 is 23.4 Å². The first kappa shape index (κ1) is 15.2. The summed E-state index contributed by atoms with van der Waals surface area (Å²) in [4.78, 5) is 11.9. The largest absolute Gasteiger partial charge is 0.353 e. The van der Waals surface area contributed by atoms with Crippen molar-refractivity contribution in [2.24, 2.45) is 11.8 Å². The lowest BCUT2D eigenvalue weighted by Gasteiger charge is -2.24. The summed E-state index contributed by atoms with van der Waals surface area (Å²) in [5, 5.41) is 3.13. The van der Waals surface area contributed by atoms with Gasteiger partial charge in [0.05, 0.1) is 0 Å². The number of halogens is 1. The number of thioether (sulfide) groups is 1. The maximum Gasteiger partial charge on any atom is 0.220 e. The molecule has 0 aromatic rings. The molecular weight excluding hydrogens is 254 g/mol. The summed E-state index contributed by atoms with van der Waals surface area (Å²) in [5.41, 5.74) is 0. The van der Waals surface area contributed by atoms with Gasteiger partial charge in [-0.05, 0) is 42.6 Å². The lowest BCUT2D eigenvalue weighted by atomic mass is 9.97. The SMILES string of the molecule is CC(C)C(CCCl)NC(=O)CC1CCSCC1. The third kappa shape index (κ3) is 6.01. The number of carbonyl (C=O) groups is 1. The van der Waals surface area contributed by atoms with Crippen molar-refractivity contribution in [3.05, 3.63) is 0 Å². The first-order chi connectivity index (χ1) is 8.13. The van der Waals surface area contributed by atoms with E-state index in [1.807, 2.05) is 11.8 Å². The average Bonchev–Trinajstić information content (AvgIpc) is 2.29. The molecular formula is C13H24ClNOS. The summed E-state index contributed by atoms with van der Waals surface area (Å²) in [6.45, 7) is 4.27. The normalized spacial score (nSPS) is 19.3. The molecule has 0 aromatic carbocycles. The molecule has 0 aromatic heterocycles. The minimum atomic E-state index is 0.214.